The fraction of sp³-hybridized carbons (Fsp3) is 0.600. The highest BCUT2D eigenvalue weighted by Crippen LogP contribution is 2.34. The number of nitrogens with zero attached hydrogens (tertiary/aromatic N) is 1. The summed E-state index contributed by atoms with van der Waals surface area (Å²) in [6, 6.07) is 5.40. The third-order valence-electron chi connectivity index (χ3n) is 3.87. The maximum absolute atomic E-state index is 11.0. The summed E-state index contributed by atoms with van der Waals surface area (Å²) < 4.78 is 5.49. The molecule has 1 aliphatic carbocycles. The number of hydrogen-bond acceptors (Lipinski definition) is 4. The Morgan fingerprint density at radius 3 is 2.80 bits per heavy atom. The number of anilines is 1. The monoisotopic (exact) mass is 278 g/mol. The molecule has 0 bridgehead atoms. The summed E-state index contributed by atoms with van der Waals surface area (Å²) in [5, 5.41) is 14.4. The van der Waals surface area contributed by atoms with Crippen LogP contribution in [0, 0.1) is 16.0 Å². The molecule has 110 valence electrons. The van der Waals surface area contributed by atoms with E-state index in [4.69, 9.17) is 4.74 Å². The van der Waals surface area contributed by atoms with E-state index in [1.165, 1.54) is 25.3 Å². The van der Waals surface area contributed by atoms with E-state index in [9.17, 15) is 10.1 Å². The van der Waals surface area contributed by atoms with Crippen LogP contribution in [0.25, 0.3) is 0 Å². The van der Waals surface area contributed by atoms with Crippen LogP contribution in [0.3, 0.4) is 0 Å². The van der Waals surface area contributed by atoms with Crippen LogP contribution >= 0.6 is 0 Å². The largest absolute Gasteiger partial charge is 0.487 e. The van der Waals surface area contributed by atoms with Gasteiger partial charge in [-0.15, -0.1) is 0 Å². The normalized spacial score (nSPS) is 16.3. The highest BCUT2D eigenvalue weighted by Gasteiger charge is 2.24. The Balaban J connectivity index is 2.10. The average molecular weight is 278 g/mol. The molecule has 1 fully saturated rings. The Morgan fingerprint density at radius 2 is 2.25 bits per heavy atom. The van der Waals surface area contributed by atoms with Crippen LogP contribution in [0.15, 0.2) is 18.2 Å². The Morgan fingerprint density at radius 1 is 1.50 bits per heavy atom. The van der Waals surface area contributed by atoms with Crippen LogP contribution in [0.1, 0.15) is 39.5 Å². The smallest absolute Gasteiger partial charge is 0.311 e. The minimum atomic E-state index is -0.399. The van der Waals surface area contributed by atoms with Gasteiger partial charge in [-0.25, -0.2) is 0 Å². The molecule has 0 aromatic heterocycles. The Hall–Kier alpha value is -1.78. The molecule has 1 saturated carbocycles. The number of nitro benzene ring substituents is 1. The van der Waals surface area contributed by atoms with E-state index in [1.54, 1.807) is 12.1 Å². The lowest BCUT2D eigenvalue weighted by molar-refractivity contribution is -0.385. The van der Waals surface area contributed by atoms with Gasteiger partial charge in [-0.1, -0.05) is 13.3 Å². The fourth-order valence-electron chi connectivity index (χ4n) is 2.40. The van der Waals surface area contributed by atoms with Gasteiger partial charge in [0.15, 0.2) is 5.75 Å². The van der Waals surface area contributed by atoms with Crippen LogP contribution in [0.5, 0.6) is 5.75 Å². The van der Waals surface area contributed by atoms with Crippen molar-refractivity contribution >= 4 is 11.4 Å². The molecule has 2 rings (SSSR count). The van der Waals surface area contributed by atoms with E-state index in [-0.39, 0.29) is 5.69 Å². The summed E-state index contributed by atoms with van der Waals surface area (Å²) in [7, 11) is 0. The highest BCUT2D eigenvalue weighted by molar-refractivity contribution is 5.58. The summed E-state index contributed by atoms with van der Waals surface area (Å²) in [6.07, 6.45) is 4.66. The zero-order valence-electron chi connectivity index (χ0n) is 12.1. The third kappa shape index (κ3) is 3.40. The van der Waals surface area contributed by atoms with E-state index in [0.29, 0.717) is 24.3 Å². The van der Waals surface area contributed by atoms with E-state index in [1.807, 2.05) is 6.92 Å². The second-order valence-electron chi connectivity index (χ2n) is 5.41. The van der Waals surface area contributed by atoms with E-state index >= 15 is 0 Å². The van der Waals surface area contributed by atoms with Gasteiger partial charge in [0.25, 0.3) is 0 Å². The second-order valence-corrected chi connectivity index (χ2v) is 5.41. The number of benzene rings is 1. The molecule has 1 N–H and O–H groups in total. The van der Waals surface area contributed by atoms with Gasteiger partial charge in [0.2, 0.25) is 0 Å². The highest BCUT2D eigenvalue weighted by atomic mass is 16.6. The number of nitrogens with one attached hydrogen (secondary N) is 1. The molecule has 1 aliphatic rings. The van der Waals surface area contributed by atoms with Crippen LogP contribution in [0.4, 0.5) is 11.4 Å². The topological polar surface area (TPSA) is 64.4 Å². The Labute approximate surface area is 119 Å². The number of hydrogen-bond donors (Lipinski definition) is 1. The van der Waals surface area contributed by atoms with Gasteiger partial charge in [-0.05, 0) is 38.2 Å². The van der Waals surface area contributed by atoms with Gasteiger partial charge < -0.3 is 10.1 Å². The van der Waals surface area contributed by atoms with Crippen molar-refractivity contribution in [2.75, 3.05) is 11.9 Å². The van der Waals surface area contributed by atoms with Gasteiger partial charge in [0.05, 0.1) is 11.5 Å². The van der Waals surface area contributed by atoms with E-state index in [2.05, 4.69) is 12.2 Å². The Kier molecular flexibility index (Phi) is 4.82. The molecule has 0 spiro atoms. The molecule has 0 radical (unpaired) electrons. The maximum atomic E-state index is 11.0. The quantitative estimate of drug-likeness (QED) is 0.605. The zero-order chi connectivity index (χ0) is 14.5. The summed E-state index contributed by atoms with van der Waals surface area (Å²) in [5.41, 5.74) is 0.918. The molecule has 1 aromatic carbocycles. The van der Waals surface area contributed by atoms with E-state index in [0.717, 1.165) is 12.1 Å². The minimum Gasteiger partial charge on any atom is -0.487 e. The second kappa shape index (κ2) is 6.59. The molecule has 0 aliphatic heterocycles. The lowest BCUT2D eigenvalue weighted by Crippen LogP contribution is -2.30. The van der Waals surface area contributed by atoms with Gasteiger partial charge in [-0.3, -0.25) is 10.1 Å². The number of nitro groups is 1. The first-order chi connectivity index (χ1) is 9.61. The van der Waals surface area contributed by atoms with Gasteiger partial charge in [0, 0.05) is 23.9 Å². The molecule has 5 heteroatoms. The molecule has 1 aromatic rings. The van der Waals surface area contributed by atoms with Crippen molar-refractivity contribution in [1.82, 2.24) is 0 Å². The summed E-state index contributed by atoms with van der Waals surface area (Å²) >= 11 is 0. The maximum Gasteiger partial charge on any atom is 0.311 e. The van der Waals surface area contributed by atoms with Crippen molar-refractivity contribution in [3.63, 3.8) is 0 Å². The predicted octanol–water partition coefficient (Wildman–Crippen LogP) is 3.98. The first-order valence-corrected chi connectivity index (χ1v) is 7.29. The first kappa shape index (κ1) is 14.6. The van der Waals surface area contributed by atoms with Crippen molar-refractivity contribution in [3.8, 4) is 5.75 Å². The van der Waals surface area contributed by atoms with Crippen molar-refractivity contribution in [2.24, 2.45) is 5.92 Å². The van der Waals surface area contributed by atoms with Crippen molar-refractivity contribution in [2.45, 2.75) is 45.6 Å². The molecule has 0 saturated heterocycles. The number of rotatable bonds is 7. The lowest BCUT2D eigenvalue weighted by atomic mass is 9.80. The van der Waals surface area contributed by atoms with Crippen LogP contribution < -0.4 is 10.1 Å². The third-order valence-corrected chi connectivity index (χ3v) is 3.87. The predicted molar refractivity (Wildman–Crippen MR) is 79.3 cm³/mol. The van der Waals surface area contributed by atoms with E-state index < -0.39 is 4.92 Å². The molecule has 0 heterocycles. The molecule has 0 amide bonds. The summed E-state index contributed by atoms with van der Waals surface area (Å²) in [6.45, 7) is 4.63. The van der Waals surface area contributed by atoms with Crippen LogP contribution in [-0.4, -0.2) is 17.6 Å². The SMILES string of the molecule is CCCOc1cc(NC(C)C2CCC2)ccc1[N+](=O)[O-]. The van der Waals surface area contributed by atoms with Crippen LogP contribution in [-0.2, 0) is 0 Å². The van der Waals surface area contributed by atoms with Crippen molar-refractivity contribution in [3.05, 3.63) is 28.3 Å². The zero-order valence-corrected chi connectivity index (χ0v) is 12.1. The molecular weight excluding hydrogens is 256 g/mol. The molecule has 20 heavy (non-hydrogen) atoms. The first-order valence-electron chi connectivity index (χ1n) is 7.29. The van der Waals surface area contributed by atoms with Crippen molar-refractivity contribution in [1.29, 1.82) is 0 Å². The molecular formula is C15H22N2O3. The standard InChI is InChI=1S/C15H22N2O3/c1-3-9-20-15-10-13(7-8-14(15)17(18)19)16-11(2)12-5-4-6-12/h7-8,10-12,16H,3-6,9H2,1-2H3. The number of ether oxygens (including phenoxy) is 1. The average Bonchev–Trinajstić information content (AvgIpc) is 2.33. The summed E-state index contributed by atoms with van der Waals surface area (Å²) in [5.74, 6) is 1.06. The van der Waals surface area contributed by atoms with Crippen molar-refractivity contribution < 1.29 is 9.66 Å². The molecule has 5 nitrogen and oxygen atoms in total. The Bertz CT molecular complexity index is 472. The van der Waals surface area contributed by atoms with Crippen LogP contribution in [0.2, 0.25) is 0 Å². The molecule has 1 unspecified atom stereocenters. The fourth-order valence-corrected chi connectivity index (χ4v) is 2.40. The lowest BCUT2D eigenvalue weighted by Gasteiger charge is -2.32. The van der Waals surface area contributed by atoms with Gasteiger partial charge in [0.1, 0.15) is 0 Å². The van der Waals surface area contributed by atoms with Gasteiger partial charge >= 0.3 is 5.69 Å². The van der Waals surface area contributed by atoms with Gasteiger partial charge in [-0.2, -0.15) is 0 Å². The summed E-state index contributed by atoms with van der Waals surface area (Å²) in [4.78, 5) is 10.6. The minimum absolute atomic E-state index is 0.0281. The molecule has 1 atom stereocenters.